The molecule has 0 aliphatic carbocycles. The number of rotatable bonds is 7. The van der Waals surface area contributed by atoms with Gasteiger partial charge in [-0.15, -0.1) is 0 Å². The first kappa shape index (κ1) is 22.9. The number of benzene rings is 2. The van der Waals surface area contributed by atoms with Crippen LogP contribution in [0.2, 0.25) is 0 Å². The predicted molar refractivity (Wildman–Crippen MR) is 121 cm³/mol. The molecule has 31 heavy (non-hydrogen) atoms. The molecule has 1 aliphatic rings. The van der Waals surface area contributed by atoms with Gasteiger partial charge in [-0.05, 0) is 56.5 Å². The van der Waals surface area contributed by atoms with Crippen LogP contribution in [0.1, 0.15) is 34.1 Å². The van der Waals surface area contributed by atoms with E-state index in [1.54, 1.807) is 41.3 Å². The summed E-state index contributed by atoms with van der Waals surface area (Å²) in [5.41, 5.74) is 0.222. The number of amides is 1. The lowest BCUT2D eigenvalue weighted by molar-refractivity contribution is -0.127. The molecule has 0 aromatic heterocycles. The molecule has 0 fully saturated rings. The smallest absolute Gasteiger partial charge is 0.265 e. The Bertz CT molecular complexity index is 1060. The van der Waals surface area contributed by atoms with Crippen LogP contribution in [0.5, 0.6) is 11.5 Å². The summed E-state index contributed by atoms with van der Waals surface area (Å²) in [5, 5.41) is 0. The molecular formula is C23H30N2O5S. The van der Waals surface area contributed by atoms with Crippen molar-refractivity contribution in [2.45, 2.75) is 39.0 Å². The van der Waals surface area contributed by atoms with Crippen molar-refractivity contribution in [3.05, 3.63) is 42.5 Å². The largest absolute Gasteiger partial charge is 0.495 e. The Morgan fingerprint density at radius 1 is 1.19 bits per heavy atom. The molecule has 0 unspecified atom stereocenters. The molecule has 0 bridgehead atoms. The Balaban J connectivity index is 1.99. The minimum Gasteiger partial charge on any atom is -0.495 e. The monoisotopic (exact) mass is 446 g/mol. The number of hydrogen-bond donors (Lipinski definition) is 1. The summed E-state index contributed by atoms with van der Waals surface area (Å²) in [4.78, 5) is 15.0. The van der Waals surface area contributed by atoms with Crippen LogP contribution in [-0.4, -0.2) is 34.6 Å². The lowest BCUT2D eigenvalue weighted by Crippen LogP contribution is -2.42. The van der Waals surface area contributed by atoms with E-state index in [0.717, 1.165) is 6.42 Å². The van der Waals surface area contributed by atoms with Gasteiger partial charge in [-0.25, -0.2) is 8.42 Å². The Kier molecular flexibility index (Phi) is 6.50. The topological polar surface area (TPSA) is 84.9 Å². The lowest BCUT2D eigenvalue weighted by atomic mass is 9.92. The normalized spacial score (nSPS) is 15.8. The zero-order valence-corrected chi connectivity index (χ0v) is 19.5. The second-order valence-corrected chi connectivity index (χ2v) is 10.4. The van der Waals surface area contributed by atoms with Crippen LogP contribution in [0.3, 0.4) is 0 Å². The number of nitrogens with one attached hydrogen (secondary N) is 1. The standard InChI is InChI=1S/C23H30N2O5S/c1-16(2)12-13-25-18-14-17(10-11-19(18)30-15-23(3,4)22(25)26)24-31(27,28)21-9-7-6-8-20(21)29-5/h6-11,14,16,24H,12-13,15H2,1-5H3. The van der Waals surface area contributed by atoms with Crippen molar-refractivity contribution in [2.75, 3.05) is 29.9 Å². The van der Waals surface area contributed by atoms with Crippen molar-refractivity contribution >= 4 is 27.3 Å². The average Bonchev–Trinajstić information content (AvgIpc) is 2.81. The van der Waals surface area contributed by atoms with Gasteiger partial charge in [-0.2, -0.15) is 0 Å². The Morgan fingerprint density at radius 3 is 2.58 bits per heavy atom. The van der Waals surface area contributed by atoms with Crippen LogP contribution in [0.4, 0.5) is 11.4 Å². The Hall–Kier alpha value is -2.74. The van der Waals surface area contributed by atoms with Gasteiger partial charge in [0.15, 0.2) is 0 Å². The van der Waals surface area contributed by atoms with Gasteiger partial charge in [-0.3, -0.25) is 9.52 Å². The maximum absolute atomic E-state index is 13.2. The number of nitrogens with zero attached hydrogens (tertiary/aromatic N) is 1. The molecule has 1 N–H and O–H groups in total. The van der Waals surface area contributed by atoms with Crippen molar-refractivity contribution in [3.63, 3.8) is 0 Å². The summed E-state index contributed by atoms with van der Waals surface area (Å²) >= 11 is 0. The highest BCUT2D eigenvalue weighted by Crippen LogP contribution is 2.39. The summed E-state index contributed by atoms with van der Waals surface area (Å²) in [6.07, 6.45) is 0.818. The van der Waals surface area contributed by atoms with E-state index in [1.165, 1.54) is 13.2 Å². The molecule has 0 saturated carbocycles. The molecule has 8 heteroatoms. The fraction of sp³-hybridized carbons (Fsp3) is 0.435. The fourth-order valence-electron chi connectivity index (χ4n) is 3.37. The first-order valence-corrected chi connectivity index (χ1v) is 11.8. The molecular weight excluding hydrogens is 416 g/mol. The van der Waals surface area contributed by atoms with Crippen LogP contribution in [0.15, 0.2) is 47.4 Å². The number of hydrogen-bond acceptors (Lipinski definition) is 5. The molecule has 0 atom stereocenters. The first-order chi connectivity index (χ1) is 14.5. The van der Waals surface area contributed by atoms with Gasteiger partial charge >= 0.3 is 0 Å². The predicted octanol–water partition coefficient (Wildman–Crippen LogP) is 4.29. The maximum atomic E-state index is 13.2. The minimum atomic E-state index is -3.89. The van der Waals surface area contributed by atoms with E-state index in [2.05, 4.69) is 18.6 Å². The van der Waals surface area contributed by atoms with Crippen molar-refractivity contribution in [1.82, 2.24) is 0 Å². The number of methoxy groups -OCH3 is 1. The number of sulfonamides is 1. The Morgan fingerprint density at radius 2 is 1.90 bits per heavy atom. The highest BCUT2D eigenvalue weighted by atomic mass is 32.2. The number of fused-ring (bicyclic) bond motifs is 1. The zero-order chi connectivity index (χ0) is 22.8. The van der Waals surface area contributed by atoms with E-state index in [4.69, 9.17) is 9.47 Å². The number of carbonyl (C=O) groups is 1. The van der Waals surface area contributed by atoms with Crippen LogP contribution in [0, 0.1) is 11.3 Å². The molecule has 2 aromatic carbocycles. The Labute approximate surface area is 184 Å². The summed E-state index contributed by atoms with van der Waals surface area (Å²) in [6, 6.07) is 11.4. The second kappa shape index (κ2) is 8.78. The maximum Gasteiger partial charge on any atom is 0.265 e. The van der Waals surface area contributed by atoms with Gasteiger partial charge in [0.05, 0.1) is 23.9 Å². The van der Waals surface area contributed by atoms with Crippen molar-refractivity contribution in [1.29, 1.82) is 0 Å². The molecule has 168 valence electrons. The fourth-order valence-corrected chi connectivity index (χ4v) is 4.59. The molecule has 1 amide bonds. The van der Waals surface area contributed by atoms with E-state index in [-0.39, 0.29) is 23.2 Å². The van der Waals surface area contributed by atoms with E-state index >= 15 is 0 Å². The van der Waals surface area contributed by atoms with Gasteiger partial charge in [0.2, 0.25) is 5.91 Å². The van der Waals surface area contributed by atoms with E-state index in [0.29, 0.717) is 29.6 Å². The van der Waals surface area contributed by atoms with Crippen LogP contribution in [0.25, 0.3) is 0 Å². The number of anilines is 2. The highest BCUT2D eigenvalue weighted by molar-refractivity contribution is 7.92. The van der Waals surface area contributed by atoms with E-state index < -0.39 is 15.4 Å². The summed E-state index contributed by atoms with van der Waals surface area (Å²) < 4.78 is 39.7. The van der Waals surface area contributed by atoms with Crippen molar-refractivity contribution in [2.24, 2.45) is 11.3 Å². The van der Waals surface area contributed by atoms with Crippen molar-refractivity contribution < 1.29 is 22.7 Å². The first-order valence-electron chi connectivity index (χ1n) is 10.3. The van der Waals surface area contributed by atoms with E-state index in [1.807, 2.05) is 13.8 Å². The SMILES string of the molecule is COc1ccccc1S(=O)(=O)Nc1ccc2c(c1)N(CCC(C)C)C(=O)C(C)(C)CO2. The second-order valence-electron chi connectivity index (χ2n) is 8.75. The molecule has 0 saturated heterocycles. The molecule has 0 spiro atoms. The summed E-state index contributed by atoms with van der Waals surface area (Å²) in [6.45, 7) is 8.69. The summed E-state index contributed by atoms with van der Waals surface area (Å²) in [5.74, 6) is 1.18. The van der Waals surface area contributed by atoms with Gasteiger partial charge in [0.1, 0.15) is 23.0 Å². The molecule has 2 aromatic rings. The van der Waals surface area contributed by atoms with Gasteiger partial charge in [0.25, 0.3) is 10.0 Å². The third kappa shape index (κ3) is 4.95. The average molecular weight is 447 g/mol. The lowest BCUT2D eigenvalue weighted by Gasteiger charge is -2.28. The minimum absolute atomic E-state index is 0.0394. The molecule has 0 radical (unpaired) electrons. The molecule has 1 heterocycles. The molecule has 1 aliphatic heterocycles. The zero-order valence-electron chi connectivity index (χ0n) is 18.6. The number of carbonyl (C=O) groups excluding carboxylic acids is 1. The highest BCUT2D eigenvalue weighted by Gasteiger charge is 2.38. The molecule has 3 rings (SSSR count). The van der Waals surface area contributed by atoms with Crippen molar-refractivity contribution in [3.8, 4) is 11.5 Å². The van der Waals surface area contributed by atoms with Crippen LogP contribution < -0.4 is 19.1 Å². The van der Waals surface area contributed by atoms with Gasteiger partial charge in [0, 0.05) is 6.54 Å². The van der Waals surface area contributed by atoms with E-state index in [9.17, 15) is 13.2 Å². The van der Waals surface area contributed by atoms with Crippen LogP contribution >= 0.6 is 0 Å². The van der Waals surface area contributed by atoms with Gasteiger partial charge < -0.3 is 14.4 Å². The van der Waals surface area contributed by atoms with Gasteiger partial charge in [-0.1, -0.05) is 26.0 Å². The number of para-hydroxylation sites is 1. The summed E-state index contributed by atoms with van der Waals surface area (Å²) in [7, 11) is -2.47. The molecule has 7 nitrogen and oxygen atoms in total. The number of ether oxygens (including phenoxy) is 2. The quantitative estimate of drug-likeness (QED) is 0.686. The third-order valence-electron chi connectivity index (χ3n) is 5.20. The van der Waals surface area contributed by atoms with Crippen LogP contribution in [-0.2, 0) is 14.8 Å². The third-order valence-corrected chi connectivity index (χ3v) is 6.62.